The van der Waals surface area contributed by atoms with Crippen LogP contribution in [0.15, 0.2) is 48.8 Å². The maximum absolute atomic E-state index is 12.5. The van der Waals surface area contributed by atoms with Crippen LogP contribution in [0.2, 0.25) is 0 Å². The van der Waals surface area contributed by atoms with Crippen molar-refractivity contribution in [1.29, 1.82) is 0 Å². The van der Waals surface area contributed by atoms with Crippen molar-refractivity contribution in [3.63, 3.8) is 0 Å². The highest BCUT2D eigenvalue weighted by Gasteiger charge is 2.34. The highest BCUT2D eigenvalue weighted by atomic mass is 16.2. The van der Waals surface area contributed by atoms with Crippen LogP contribution in [0.25, 0.3) is 0 Å². The molecule has 0 radical (unpaired) electrons. The van der Waals surface area contributed by atoms with Crippen molar-refractivity contribution < 1.29 is 9.59 Å². The molecule has 3 amide bonds. The van der Waals surface area contributed by atoms with Crippen LogP contribution in [-0.4, -0.2) is 52.9 Å². The van der Waals surface area contributed by atoms with Crippen LogP contribution in [0.4, 0.5) is 10.5 Å². The number of urea groups is 1. The molecule has 0 bridgehead atoms. The van der Waals surface area contributed by atoms with Crippen LogP contribution in [0.3, 0.4) is 0 Å². The minimum Gasteiger partial charge on any atom is -0.341 e. The van der Waals surface area contributed by atoms with Crippen molar-refractivity contribution in [2.45, 2.75) is 43.9 Å². The van der Waals surface area contributed by atoms with E-state index < -0.39 is 0 Å². The van der Waals surface area contributed by atoms with Crippen LogP contribution in [0.1, 0.15) is 55.1 Å². The van der Waals surface area contributed by atoms with E-state index in [4.69, 9.17) is 0 Å². The summed E-state index contributed by atoms with van der Waals surface area (Å²) in [5.41, 5.74) is 3.24. The Morgan fingerprint density at radius 2 is 1.58 bits per heavy atom. The fraction of sp³-hybridized carbons (Fsp3) is 0.480. The van der Waals surface area contributed by atoms with Gasteiger partial charge in [-0.2, -0.15) is 0 Å². The molecule has 3 aliphatic rings. The first-order valence-corrected chi connectivity index (χ1v) is 11.5. The summed E-state index contributed by atoms with van der Waals surface area (Å²) in [5, 5.41) is 2.99. The van der Waals surface area contributed by atoms with Crippen LogP contribution < -0.4 is 5.32 Å². The molecule has 1 aromatic carbocycles. The summed E-state index contributed by atoms with van der Waals surface area (Å²) in [6, 6.07) is 12.0. The van der Waals surface area contributed by atoms with E-state index in [0.717, 1.165) is 38.3 Å². The Morgan fingerprint density at radius 1 is 0.903 bits per heavy atom. The van der Waals surface area contributed by atoms with Gasteiger partial charge < -0.3 is 15.1 Å². The van der Waals surface area contributed by atoms with Crippen molar-refractivity contribution in [3.8, 4) is 0 Å². The topological polar surface area (TPSA) is 65.5 Å². The molecule has 2 aliphatic heterocycles. The zero-order valence-electron chi connectivity index (χ0n) is 17.9. The third-order valence-electron chi connectivity index (χ3n) is 7.13. The van der Waals surface area contributed by atoms with Gasteiger partial charge in [0.25, 0.3) is 0 Å². The van der Waals surface area contributed by atoms with Gasteiger partial charge in [0.1, 0.15) is 0 Å². The minimum absolute atomic E-state index is 0.0554. The smallest absolute Gasteiger partial charge is 0.321 e. The lowest BCUT2D eigenvalue weighted by molar-refractivity contribution is -0.136. The van der Waals surface area contributed by atoms with Gasteiger partial charge in [-0.05, 0) is 48.1 Å². The lowest BCUT2D eigenvalue weighted by Gasteiger charge is -2.40. The number of anilines is 1. The van der Waals surface area contributed by atoms with Gasteiger partial charge in [0.05, 0.1) is 0 Å². The number of benzene rings is 1. The number of nitrogens with zero attached hydrogens (tertiary/aromatic N) is 3. The molecule has 6 nitrogen and oxygen atoms in total. The molecule has 1 aromatic heterocycles. The van der Waals surface area contributed by atoms with Crippen LogP contribution in [0, 0.1) is 5.92 Å². The zero-order valence-corrected chi connectivity index (χ0v) is 17.9. The van der Waals surface area contributed by atoms with Crippen molar-refractivity contribution in [1.82, 2.24) is 14.8 Å². The van der Waals surface area contributed by atoms with E-state index in [-0.39, 0.29) is 6.03 Å². The van der Waals surface area contributed by atoms with Crippen molar-refractivity contribution in [3.05, 3.63) is 59.9 Å². The van der Waals surface area contributed by atoms with Gasteiger partial charge in [-0.3, -0.25) is 9.78 Å². The van der Waals surface area contributed by atoms with Gasteiger partial charge in [0.2, 0.25) is 5.91 Å². The quantitative estimate of drug-likeness (QED) is 0.791. The summed E-state index contributed by atoms with van der Waals surface area (Å²) >= 11 is 0. The number of carbonyl (C=O) groups excluding carboxylic acids is 2. The predicted octanol–water partition coefficient (Wildman–Crippen LogP) is 4.22. The molecule has 1 saturated carbocycles. The molecule has 31 heavy (non-hydrogen) atoms. The van der Waals surface area contributed by atoms with E-state index >= 15 is 0 Å². The molecule has 2 aromatic rings. The van der Waals surface area contributed by atoms with Gasteiger partial charge in [-0.25, -0.2) is 4.79 Å². The fourth-order valence-corrected chi connectivity index (χ4v) is 5.00. The second-order valence-electron chi connectivity index (χ2n) is 9.29. The Hall–Kier alpha value is -2.89. The molecule has 2 saturated heterocycles. The normalized spacial score (nSPS) is 19.7. The molecule has 1 aliphatic carbocycles. The Balaban J connectivity index is 1.06. The number of rotatable bonds is 5. The van der Waals surface area contributed by atoms with E-state index in [1.165, 1.54) is 36.8 Å². The van der Waals surface area contributed by atoms with Gasteiger partial charge >= 0.3 is 6.03 Å². The fourth-order valence-electron chi connectivity index (χ4n) is 5.00. The number of pyridine rings is 1. The summed E-state index contributed by atoms with van der Waals surface area (Å²) in [5.74, 6) is 1.72. The third-order valence-corrected chi connectivity index (χ3v) is 7.13. The van der Waals surface area contributed by atoms with Crippen molar-refractivity contribution >= 4 is 17.6 Å². The van der Waals surface area contributed by atoms with Crippen molar-refractivity contribution in [2.24, 2.45) is 5.92 Å². The number of likely N-dealkylation sites (tertiary alicyclic amines) is 2. The van der Waals surface area contributed by atoms with E-state index in [2.05, 4.69) is 28.5 Å². The first-order chi connectivity index (χ1) is 15.2. The molecule has 3 fully saturated rings. The van der Waals surface area contributed by atoms with Gasteiger partial charge in [0.15, 0.2) is 0 Å². The summed E-state index contributed by atoms with van der Waals surface area (Å²) in [4.78, 5) is 32.9. The second kappa shape index (κ2) is 8.69. The maximum atomic E-state index is 12.5. The number of aromatic nitrogens is 1. The van der Waals surface area contributed by atoms with Gasteiger partial charge in [-0.1, -0.05) is 31.0 Å². The summed E-state index contributed by atoms with van der Waals surface area (Å²) in [7, 11) is 0. The predicted molar refractivity (Wildman–Crippen MR) is 120 cm³/mol. The van der Waals surface area contributed by atoms with Crippen LogP contribution >= 0.6 is 0 Å². The SMILES string of the molecule is O=C(CC1CCCC1)N1CC(c2ccc(NC(=O)N3CC(c4cccnc4)C3)cc2)C1. The highest BCUT2D eigenvalue weighted by Crippen LogP contribution is 2.32. The standard InChI is InChI=1S/C25H30N4O2/c30-24(12-18-4-1-2-5-18)28-14-21(15-28)19-7-9-23(10-8-19)27-25(31)29-16-22(17-29)20-6-3-11-26-13-20/h3,6-11,13,18,21-22H,1-2,4-5,12,14-17H2,(H,27,31). The van der Waals surface area contributed by atoms with E-state index in [1.807, 2.05) is 34.2 Å². The number of carbonyl (C=O) groups is 2. The average Bonchev–Trinajstić information content (AvgIpc) is 3.21. The summed E-state index contributed by atoms with van der Waals surface area (Å²) in [6.45, 7) is 3.09. The van der Waals surface area contributed by atoms with Gasteiger partial charge in [0, 0.05) is 62.5 Å². The summed E-state index contributed by atoms with van der Waals surface area (Å²) in [6.07, 6.45) is 9.39. The first kappa shape index (κ1) is 20.0. The molecule has 0 unspecified atom stereocenters. The molecule has 162 valence electrons. The molecule has 5 rings (SSSR count). The lowest BCUT2D eigenvalue weighted by Crippen LogP contribution is -2.50. The zero-order chi connectivity index (χ0) is 21.2. The molecular weight excluding hydrogens is 388 g/mol. The van der Waals surface area contributed by atoms with E-state index in [0.29, 0.717) is 23.7 Å². The van der Waals surface area contributed by atoms with Crippen LogP contribution in [-0.2, 0) is 4.79 Å². The molecular formula is C25H30N4O2. The van der Waals surface area contributed by atoms with E-state index in [9.17, 15) is 9.59 Å². The molecule has 0 spiro atoms. The molecule has 0 atom stereocenters. The number of hydrogen-bond donors (Lipinski definition) is 1. The number of amides is 3. The number of nitrogens with one attached hydrogen (secondary N) is 1. The molecule has 3 heterocycles. The Labute approximate surface area is 183 Å². The highest BCUT2D eigenvalue weighted by molar-refractivity contribution is 5.90. The Bertz CT molecular complexity index is 912. The summed E-state index contributed by atoms with van der Waals surface area (Å²) < 4.78 is 0. The van der Waals surface area contributed by atoms with Crippen molar-refractivity contribution in [2.75, 3.05) is 31.5 Å². The Morgan fingerprint density at radius 3 is 2.26 bits per heavy atom. The average molecular weight is 419 g/mol. The maximum Gasteiger partial charge on any atom is 0.321 e. The second-order valence-corrected chi connectivity index (χ2v) is 9.29. The minimum atomic E-state index is -0.0554. The third kappa shape index (κ3) is 4.43. The molecule has 1 N–H and O–H groups in total. The van der Waals surface area contributed by atoms with E-state index in [1.54, 1.807) is 6.20 Å². The number of hydrogen-bond acceptors (Lipinski definition) is 3. The first-order valence-electron chi connectivity index (χ1n) is 11.5. The van der Waals surface area contributed by atoms with Crippen LogP contribution in [0.5, 0.6) is 0 Å². The Kier molecular flexibility index (Phi) is 5.62. The monoisotopic (exact) mass is 418 g/mol. The molecule has 6 heteroatoms. The largest absolute Gasteiger partial charge is 0.341 e. The lowest BCUT2D eigenvalue weighted by atomic mass is 9.90. The van der Waals surface area contributed by atoms with Gasteiger partial charge in [-0.15, -0.1) is 0 Å².